The zero-order valence-corrected chi connectivity index (χ0v) is 16.5. The summed E-state index contributed by atoms with van der Waals surface area (Å²) in [7, 11) is 0. The summed E-state index contributed by atoms with van der Waals surface area (Å²) < 4.78 is 0. The molecule has 3 heterocycles. The number of nitrogen functional groups attached to an aromatic ring is 1. The first-order valence-electron chi connectivity index (χ1n) is 10.4. The van der Waals surface area contributed by atoms with Gasteiger partial charge < -0.3 is 10.6 Å². The van der Waals surface area contributed by atoms with Gasteiger partial charge in [0.05, 0.1) is 0 Å². The van der Waals surface area contributed by atoms with Crippen molar-refractivity contribution in [1.82, 2.24) is 14.8 Å². The summed E-state index contributed by atoms with van der Waals surface area (Å²) in [5.74, 6) is 1.34. The summed E-state index contributed by atoms with van der Waals surface area (Å²) in [4.78, 5) is 9.47. The van der Waals surface area contributed by atoms with Crippen LogP contribution in [0.15, 0.2) is 48.7 Å². The van der Waals surface area contributed by atoms with E-state index in [-0.39, 0.29) is 0 Å². The van der Waals surface area contributed by atoms with E-state index in [0.29, 0.717) is 17.2 Å². The summed E-state index contributed by atoms with van der Waals surface area (Å²) in [6.07, 6.45) is 5.67. The molecule has 0 aliphatic carbocycles. The van der Waals surface area contributed by atoms with Crippen LogP contribution in [0.2, 0.25) is 0 Å². The van der Waals surface area contributed by atoms with Gasteiger partial charge >= 0.3 is 0 Å². The van der Waals surface area contributed by atoms with Crippen LogP contribution < -0.4 is 5.73 Å². The lowest BCUT2D eigenvalue weighted by Gasteiger charge is -2.50. The van der Waals surface area contributed by atoms with Crippen molar-refractivity contribution < 1.29 is 0 Å². The predicted octanol–water partition coefficient (Wildman–Crippen LogP) is 3.76. The van der Waals surface area contributed by atoms with Crippen LogP contribution in [0.5, 0.6) is 0 Å². The van der Waals surface area contributed by atoms with Crippen LogP contribution in [0.1, 0.15) is 43.2 Å². The Morgan fingerprint density at radius 2 is 1.85 bits per heavy atom. The van der Waals surface area contributed by atoms with Gasteiger partial charge in [-0.05, 0) is 61.9 Å². The standard InChI is InChI=1S/C23H32N4/c1-2-26-17-21(19-7-4-3-5-8-19)15-23(18-26)10-13-27(14-11-23)16-20-9-6-12-25-22(20)24/h3-9,12,21H,2,10-11,13-18H2,1H3,(H2,24,25)/t21-/m1/s1. The molecule has 1 aromatic heterocycles. The van der Waals surface area contributed by atoms with Crippen LogP contribution in [0.25, 0.3) is 0 Å². The van der Waals surface area contributed by atoms with Crippen molar-refractivity contribution in [3.8, 4) is 0 Å². The summed E-state index contributed by atoms with van der Waals surface area (Å²) in [6.45, 7) is 9.17. The molecule has 2 aliphatic heterocycles. The quantitative estimate of drug-likeness (QED) is 0.897. The molecule has 2 aliphatic rings. The topological polar surface area (TPSA) is 45.4 Å². The van der Waals surface area contributed by atoms with E-state index in [1.54, 1.807) is 6.20 Å². The van der Waals surface area contributed by atoms with Crippen LogP contribution >= 0.6 is 0 Å². The Balaban J connectivity index is 1.43. The van der Waals surface area contributed by atoms with Crippen LogP contribution in [-0.2, 0) is 6.54 Å². The maximum absolute atomic E-state index is 6.05. The van der Waals surface area contributed by atoms with E-state index < -0.39 is 0 Å². The lowest BCUT2D eigenvalue weighted by molar-refractivity contribution is 0.0138. The lowest BCUT2D eigenvalue weighted by Crippen LogP contribution is -2.51. The largest absolute Gasteiger partial charge is 0.383 e. The minimum absolute atomic E-state index is 0.464. The van der Waals surface area contributed by atoms with Gasteiger partial charge in [-0.15, -0.1) is 0 Å². The molecule has 4 nitrogen and oxygen atoms in total. The first-order chi connectivity index (χ1) is 13.2. The van der Waals surface area contributed by atoms with E-state index >= 15 is 0 Å². The molecular formula is C23H32N4. The molecular weight excluding hydrogens is 332 g/mol. The third-order valence-electron chi connectivity index (χ3n) is 6.67. The van der Waals surface area contributed by atoms with Gasteiger partial charge in [0.2, 0.25) is 0 Å². The Hall–Kier alpha value is -1.91. The van der Waals surface area contributed by atoms with E-state index in [0.717, 1.165) is 31.7 Å². The molecule has 0 radical (unpaired) electrons. The number of nitrogens with two attached hydrogens (primary N) is 1. The first-order valence-corrected chi connectivity index (χ1v) is 10.4. The number of hydrogen-bond donors (Lipinski definition) is 1. The van der Waals surface area contributed by atoms with Crippen LogP contribution in [0.3, 0.4) is 0 Å². The maximum Gasteiger partial charge on any atom is 0.127 e. The highest BCUT2D eigenvalue weighted by Crippen LogP contribution is 2.45. The highest BCUT2D eigenvalue weighted by atomic mass is 15.2. The number of nitrogens with zero attached hydrogens (tertiary/aromatic N) is 3. The van der Waals surface area contributed by atoms with Crippen molar-refractivity contribution in [3.63, 3.8) is 0 Å². The average molecular weight is 365 g/mol. The zero-order valence-electron chi connectivity index (χ0n) is 16.5. The number of rotatable bonds is 4. The summed E-state index contributed by atoms with van der Waals surface area (Å²) in [6, 6.07) is 15.2. The molecule has 144 valence electrons. The maximum atomic E-state index is 6.05. The van der Waals surface area contributed by atoms with Crippen molar-refractivity contribution in [2.24, 2.45) is 5.41 Å². The van der Waals surface area contributed by atoms with E-state index in [9.17, 15) is 0 Å². The molecule has 0 amide bonds. The fourth-order valence-electron chi connectivity index (χ4n) is 5.06. The lowest BCUT2D eigenvalue weighted by atomic mass is 9.68. The zero-order chi connectivity index (χ0) is 18.7. The molecule has 4 rings (SSSR count). The van der Waals surface area contributed by atoms with E-state index in [4.69, 9.17) is 5.73 Å². The van der Waals surface area contributed by atoms with Gasteiger partial charge in [-0.2, -0.15) is 0 Å². The predicted molar refractivity (Wildman–Crippen MR) is 112 cm³/mol. The Kier molecular flexibility index (Phi) is 5.46. The number of likely N-dealkylation sites (tertiary alicyclic amines) is 2. The van der Waals surface area contributed by atoms with Crippen molar-refractivity contribution in [1.29, 1.82) is 0 Å². The number of aromatic nitrogens is 1. The van der Waals surface area contributed by atoms with Crippen molar-refractivity contribution in [3.05, 3.63) is 59.8 Å². The number of hydrogen-bond acceptors (Lipinski definition) is 4. The van der Waals surface area contributed by atoms with E-state index in [1.807, 2.05) is 6.07 Å². The summed E-state index contributed by atoms with van der Waals surface area (Å²) in [5, 5.41) is 0. The summed E-state index contributed by atoms with van der Waals surface area (Å²) >= 11 is 0. The molecule has 2 aromatic rings. The monoisotopic (exact) mass is 364 g/mol. The van der Waals surface area contributed by atoms with Crippen molar-refractivity contribution >= 4 is 5.82 Å². The van der Waals surface area contributed by atoms with Crippen LogP contribution in [0, 0.1) is 5.41 Å². The molecule has 0 bridgehead atoms. The molecule has 2 N–H and O–H groups in total. The minimum Gasteiger partial charge on any atom is -0.383 e. The van der Waals surface area contributed by atoms with Gasteiger partial charge in [0.15, 0.2) is 0 Å². The number of piperidine rings is 2. The number of benzene rings is 1. The minimum atomic E-state index is 0.464. The molecule has 27 heavy (non-hydrogen) atoms. The normalized spacial score (nSPS) is 23.5. The van der Waals surface area contributed by atoms with Crippen LogP contribution in [-0.4, -0.2) is 47.5 Å². The fourth-order valence-corrected chi connectivity index (χ4v) is 5.06. The molecule has 1 atom stereocenters. The Morgan fingerprint density at radius 3 is 2.56 bits per heavy atom. The Labute approximate surface area is 163 Å². The van der Waals surface area contributed by atoms with Gasteiger partial charge in [-0.25, -0.2) is 4.98 Å². The summed E-state index contributed by atoms with van der Waals surface area (Å²) in [5.41, 5.74) is 9.19. The molecule has 2 saturated heterocycles. The second kappa shape index (κ2) is 7.99. The molecule has 0 unspecified atom stereocenters. The van der Waals surface area contributed by atoms with Gasteiger partial charge in [0.25, 0.3) is 0 Å². The molecule has 4 heteroatoms. The second-order valence-electron chi connectivity index (χ2n) is 8.46. The third kappa shape index (κ3) is 4.17. The second-order valence-corrected chi connectivity index (χ2v) is 8.46. The first kappa shape index (κ1) is 18.5. The molecule has 1 spiro atoms. The highest BCUT2D eigenvalue weighted by Gasteiger charge is 2.41. The number of likely N-dealkylation sites (N-methyl/N-ethyl adjacent to an activating group) is 1. The third-order valence-corrected chi connectivity index (χ3v) is 6.67. The van der Waals surface area contributed by atoms with E-state index in [2.05, 4.69) is 58.1 Å². The highest BCUT2D eigenvalue weighted by molar-refractivity contribution is 5.38. The van der Waals surface area contributed by atoms with Crippen molar-refractivity contribution in [2.45, 2.75) is 38.6 Å². The number of pyridine rings is 1. The van der Waals surface area contributed by atoms with Gasteiger partial charge in [0, 0.05) is 31.4 Å². The molecule has 0 saturated carbocycles. The van der Waals surface area contributed by atoms with Crippen molar-refractivity contribution in [2.75, 3.05) is 38.5 Å². The van der Waals surface area contributed by atoms with Gasteiger partial charge in [-0.3, -0.25) is 4.90 Å². The van der Waals surface area contributed by atoms with Gasteiger partial charge in [-0.1, -0.05) is 43.3 Å². The fraction of sp³-hybridized carbons (Fsp3) is 0.522. The molecule has 1 aromatic carbocycles. The molecule has 2 fully saturated rings. The Bertz CT molecular complexity index is 737. The average Bonchev–Trinajstić information content (AvgIpc) is 2.72. The number of anilines is 1. The smallest absolute Gasteiger partial charge is 0.127 e. The van der Waals surface area contributed by atoms with E-state index in [1.165, 1.54) is 37.9 Å². The van der Waals surface area contributed by atoms with Crippen LogP contribution in [0.4, 0.5) is 5.82 Å². The van der Waals surface area contributed by atoms with Gasteiger partial charge in [0.1, 0.15) is 5.82 Å². The SMILES string of the molecule is CCN1C[C@H](c2ccccc2)CC2(CCN(Cc3cccnc3N)CC2)C1. The Morgan fingerprint density at radius 1 is 1.07 bits per heavy atom.